The summed E-state index contributed by atoms with van der Waals surface area (Å²) in [5.41, 5.74) is 0.556. The van der Waals surface area contributed by atoms with Crippen LogP contribution < -0.4 is 5.32 Å². The molecule has 0 saturated carbocycles. The van der Waals surface area contributed by atoms with Gasteiger partial charge in [0.15, 0.2) is 17.3 Å². The minimum absolute atomic E-state index is 0.247. The van der Waals surface area contributed by atoms with Crippen LogP contribution in [0.2, 0.25) is 0 Å². The van der Waals surface area contributed by atoms with Gasteiger partial charge in [-0.3, -0.25) is 9.89 Å². The number of amides is 1. The Bertz CT molecular complexity index is 523. The Morgan fingerprint density at radius 3 is 3.00 bits per heavy atom. The zero-order valence-electron chi connectivity index (χ0n) is 8.49. The van der Waals surface area contributed by atoms with Gasteiger partial charge in [-0.15, -0.1) is 0 Å². The highest BCUT2D eigenvalue weighted by molar-refractivity contribution is 6.02. The largest absolute Gasteiger partial charge is 0.304 e. The molecule has 2 rings (SSSR count). The van der Waals surface area contributed by atoms with Crippen LogP contribution in [-0.4, -0.2) is 21.1 Å². The lowest BCUT2D eigenvalue weighted by molar-refractivity contribution is 0.101. The lowest BCUT2D eigenvalue weighted by atomic mass is 10.3. The number of anilines is 1. The zero-order valence-corrected chi connectivity index (χ0v) is 8.49. The summed E-state index contributed by atoms with van der Waals surface area (Å²) in [6, 6.07) is 4.24. The van der Waals surface area contributed by atoms with Crippen LogP contribution in [0.15, 0.2) is 24.4 Å². The molecule has 2 aromatic heterocycles. The first-order valence-corrected chi connectivity index (χ1v) is 4.60. The van der Waals surface area contributed by atoms with E-state index in [-0.39, 0.29) is 5.69 Å². The standard InChI is InChI=1S/C10H9FN4O/c1-6-5-8(15-14-6)13-10(16)9-7(11)3-2-4-12-9/h2-5H,1H3,(H2,13,14,15,16). The van der Waals surface area contributed by atoms with Crippen LogP contribution in [0.25, 0.3) is 0 Å². The van der Waals surface area contributed by atoms with Crippen LogP contribution in [-0.2, 0) is 0 Å². The number of aromatic amines is 1. The van der Waals surface area contributed by atoms with Crippen LogP contribution in [0.4, 0.5) is 10.2 Å². The van der Waals surface area contributed by atoms with E-state index in [4.69, 9.17) is 0 Å². The van der Waals surface area contributed by atoms with E-state index in [2.05, 4.69) is 20.5 Å². The third kappa shape index (κ3) is 2.05. The van der Waals surface area contributed by atoms with Crippen LogP contribution in [0.1, 0.15) is 16.2 Å². The van der Waals surface area contributed by atoms with Crippen molar-refractivity contribution in [1.82, 2.24) is 15.2 Å². The Morgan fingerprint density at radius 2 is 2.38 bits per heavy atom. The number of hydrogen-bond donors (Lipinski definition) is 2. The van der Waals surface area contributed by atoms with E-state index in [0.29, 0.717) is 5.82 Å². The van der Waals surface area contributed by atoms with Gasteiger partial charge in [0.2, 0.25) is 0 Å². The second-order valence-electron chi connectivity index (χ2n) is 3.22. The Balaban J connectivity index is 2.18. The van der Waals surface area contributed by atoms with Gasteiger partial charge in [-0.1, -0.05) is 0 Å². The van der Waals surface area contributed by atoms with Crippen molar-refractivity contribution < 1.29 is 9.18 Å². The predicted molar refractivity (Wildman–Crippen MR) is 55.5 cm³/mol. The number of nitrogens with one attached hydrogen (secondary N) is 2. The van der Waals surface area contributed by atoms with Crippen molar-refractivity contribution in [2.24, 2.45) is 0 Å². The topological polar surface area (TPSA) is 70.7 Å². The van der Waals surface area contributed by atoms with E-state index in [9.17, 15) is 9.18 Å². The number of carbonyl (C=O) groups is 1. The molecule has 0 fully saturated rings. The number of H-pyrrole nitrogens is 1. The van der Waals surface area contributed by atoms with Gasteiger partial charge < -0.3 is 5.32 Å². The predicted octanol–water partition coefficient (Wildman–Crippen LogP) is 1.50. The van der Waals surface area contributed by atoms with Gasteiger partial charge in [-0.2, -0.15) is 5.10 Å². The first-order chi connectivity index (χ1) is 7.66. The molecule has 0 aliphatic heterocycles. The van der Waals surface area contributed by atoms with E-state index in [1.807, 2.05) is 0 Å². The van der Waals surface area contributed by atoms with Crippen LogP contribution in [0, 0.1) is 12.7 Å². The average molecular weight is 220 g/mol. The number of hydrogen-bond acceptors (Lipinski definition) is 3. The van der Waals surface area contributed by atoms with Gasteiger partial charge in [-0.05, 0) is 19.1 Å². The van der Waals surface area contributed by atoms with Crippen LogP contribution >= 0.6 is 0 Å². The number of aromatic nitrogens is 3. The first-order valence-electron chi connectivity index (χ1n) is 4.60. The fraction of sp³-hybridized carbons (Fsp3) is 0.100. The first kappa shape index (κ1) is 10.3. The molecule has 0 spiro atoms. The Hall–Kier alpha value is -2.24. The van der Waals surface area contributed by atoms with Crippen molar-refractivity contribution in [3.63, 3.8) is 0 Å². The van der Waals surface area contributed by atoms with E-state index < -0.39 is 11.7 Å². The van der Waals surface area contributed by atoms with Crippen molar-refractivity contribution >= 4 is 11.7 Å². The number of aryl methyl sites for hydroxylation is 1. The van der Waals surface area contributed by atoms with Crippen molar-refractivity contribution in [2.75, 3.05) is 5.32 Å². The molecule has 1 amide bonds. The SMILES string of the molecule is Cc1cc(NC(=O)c2ncccc2F)n[nH]1. The molecule has 6 heteroatoms. The molecule has 0 bridgehead atoms. The molecule has 0 aliphatic rings. The summed E-state index contributed by atoms with van der Waals surface area (Å²) >= 11 is 0. The normalized spacial score (nSPS) is 10.1. The molecule has 0 radical (unpaired) electrons. The molecular formula is C10H9FN4O. The summed E-state index contributed by atoms with van der Waals surface area (Å²) < 4.78 is 13.2. The number of rotatable bonds is 2. The summed E-state index contributed by atoms with van der Waals surface area (Å²) in [4.78, 5) is 15.2. The van der Waals surface area contributed by atoms with Crippen LogP contribution in [0.3, 0.4) is 0 Å². The maximum atomic E-state index is 13.2. The lowest BCUT2D eigenvalue weighted by Gasteiger charge is -2.01. The van der Waals surface area contributed by atoms with Gasteiger partial charge >= 0.3 is 0 Å². The summed E-state index contributed by atoms with van der Waals surface area (Å²) in [5.74, 6) is -0.940. The third-order valence-electron chi connectivity index (χ3n) is 1.92. The van der Waals surface area contributed by atoms with Gasteiger partial charge in [0.05, 0.1) is 0 Å². The van der Waals surface area contributed by atoms with Crippen molar-refractivity contribution in [3.05, 3.63) is 41.6 Å². The van der Waals surface area contributed by atoms with Crippen molar-refractivity contribution in [2.45, 2.75) is 6.92 Å². The maximum absolute atomic E-state index is 13.2. The lowest BCUT2D eigenvalue weighted by Crippen LogP contribution is -2.15. The highest BCUT2D eigenvalue weighted by Gasteiger charge is 2.13. The van der Waals surface area contributed by atoms with Crippen LogP contribution in [0.5, 0.6) is 0 Å². The molecule has 2 N–H and O–H groups in total. The number of halogens is 1. The fourth-order valence-electron chi connectivity index (χ4n) is 1.21. The second-order valence-corrected chi connectivity index (χ2v) is 3.22. The van der Waals surface area contributed by atoms with Gasteiger partial charge in [0.25, 0.3) is 5.91 Å². The van der Waals surface area contributed by atoms with Gasteiger partial charge in [0.1, 0.15) is 0 Å². The van der Waals surface area contributed by atoms with E-state index in [1.165, 1.54) is 18.3 Å². The summed E-state index contributed by atoms with van der Waals surface area (Å²) in [5, 5.41) is 8.90. The third-order valence-corrected chi connectivity index (χ3v) is 1.92. The monoisotopic (exact) mass is 220 g/mol. The highest BCUT2D eigenvalue weighted by atomic mass is 19.1. The molecular weight excluding hydrogens is 211 g/mol. The minimum Gasteiger partial charge on any atom is -0.304 e. The summed E-state index contributed by atoms with van der Waals surface area (Å²) in [6.45, 7) is 1.80. The zero-order chi connectivity index (χ0) is 11.5. The fourth-order valence-corrected chi connectivity index (χ4v) is 1.21. The molecule has 2 aromatic rings. The van der Waals surface area contributed by atoms with Crippen molar-refractivity contribution in [3.8, 4) is 0 Å². The molecule has 0 unspecified atom stereocenters. The molecule has 0 aromatic carbocycles. The molecule has 0 aliphatic carbocycles. The number of carbonyl (C=O) groups excluding carboxylic acids is 1. The number of nitrogens with zero attached hydrogens (tertiary/aromatic N) is 2. The Morgan fingerprint density at radius 1 is 1.56 bits per heavy atom. The van der Waals surface area contributed by atoms with Gasteiger partial charge in [0, 0.05) is 18.0 Å². The second kappa shape index (κ2) is 4.09. The smallest absolute Gasteiger partial charge is 0.278 e. The number of pyridine rings is 1. The highest BCUT2D eigenvalue weighted by Crippen LogP contribution is 2.08. The molecule has 0 atom stereocenters. The summed E-state index contributed by atoms with van der Waals surface area (Å²) in [6.07, 6.45) is 1.35. The molecule has 2 heterocycles. The molecule has 5 nitrogen and oxygen atoms in total. The molecule has 0 saturated heterocycles. The average Bonchev–Trinajstić information content (AvgIpc) is 2.64. The van der Waals surface area contributed by atoms with E-state index in [1.54, 1.807) is 13.0 Å². The Labute approximate surface area is 90.7 Å². The summed E-state index contributed by atoms with van der Waals surface area (Å²) in [7, 11) is 0. The van der Waals surface area contributed by atoms with E-state index in [0.717, 1.165) is 5.69 Å². The van der Waals surface area contributed by atoms with E-state index >= 15 is 0 Å². The minimum atomic E-state index is -0.660. The molecule has 16 heavy (non-hydrogen) atoms. The molecule has 82 valence electrons. The Kier molecular flexibility index (Phi) is 2.63. The van der Waals surface area contributed by atoms with Crippen molar-refractivity contribution in [1.29, 1.82) is 0 Å². The van der Waals surface area contributed by atoms with Gasteiger partial charge in [-0.25, -0.2) is 9.37 Å². The quantitative estimate of drug-likeness (QED) is 0.805. The maximum Gasteiger partial charge on any atom is 0.278 e.